The predicted octanol–water partition coefficient (Wildman–Crippen LogP) is 2.07. The molecule has 128 valence electrons. The van der Waals surface area contributed by atoms with Crippen molar-refractivity contribution in [2.75, 3.05) is 31.1 Å². The molecule has 0 N–H and O–H groups in total. The van der Waals surface area contributed by atoms with E-state index >= 15 is 0 Å². The first-order valence-electron chi connectivity index (χ1n) is 7.19. The summed E-state index contributed by atoms with van der Waals surface area (Å²) in [5.74, 6) is 0. The highest BCUT2D eigenvalue weighted by Gasteiger charge is 2.26. The van der Waals surface area contributed by atoms with Gasteiger partial charge in [0, 0.05) is 43.1 Å². The van der Waals surface area contributed by atoms with Gasteiger partial charge in [-0.3, -0.25) is 4.98 Å². The number of pyridine rings is 1. The van der Waals surface area contributed by atoms with Crippen LogP contribution in [0.3, 0.4) is 0 Å². The van der Waals surface area contributed by atoms with Crippen LogP contribution in [0.25, 0.3) is 0 Å². The lowest BCUT2D eigenvalue weighted by Gasteiger charge is -2.36. The molecule has 1 aromatic rings. The third kappa shape index (κ3) is 4.97. The molecular weight excluding hydrogens is 342 g/mol. The summed E-state index contributed by atoms with van der Waals surface area (Å²) in [6.07, 6.45) is 2.45. The topological polar surface area (TPSA) is 79.8 Å². The van der Waals surface area contributed by atoms with Crippen LogP contribution in [-0.2, 0) is 13.8 Å². The first-order valence-corrected chi connectivity index (χ1v) is 9.50. The zero-order valence-corrected chi connectivity index (χ0v) is 14.9. The number of carbonyl (C=O) groups excluding carboxylic acids is 1. The van der Waals surface area contributed by atoms with Gasteiger partial charge in [-0.2, -0.15) is 0 Å². The molecule has 0 aliphatic carbocycles. The normalized spacial score (nSPS) is 16.3. The van der Waals surface area contributed by atoms with E-state index in [1.165, 1.54) is 12.3 Å². The number of rotatable bonds is 2. The molecule has 1 aliphatic rings. The van der Waals surface area contributed by atoms with Gasteiger partial charge in [0.1, 0.15) is 10.5 Å². The summed E-state index contributed by atoms with van der Waals surface area (Å²) in [6.45, 7) is 7.58. The summed E-state index contributed by atoms with van der Waals surface area (Å²) in [4.78, 5) is 19.5. The van der Waals surface area contributed by atoms with Crippen LogP contribution in [0.15, 0.2) is 23.4 Å². The van der Waals surface area contributed by atoms with Crippen molar-refractivity contribution in [3.05, 3.63) is 18.5 Å². The molecule has 0 aromatic carbocycles. The highest BCUT2D eigenvalue weighted by Crippen LogP contribution is 2.22. The SMILES string of the molecule is CC(C)(C)OC(=O)N1CCN(c2cncc(S(=O)(=O)Cl)c2)CC1. The number of hydrogen-bond acceptors (Lipinski definition) is 6. The summed E-state index contributed by atoms with van der Waals surface area (Å²) in [5.41, 5.74) is 0.136. The summed E-state index contributed by atoms with van der Waals surface area (Å²) in [5, 5.41) is 0. The Balaban J connectivity index is 2.01. The van der Waals surface area contributed by atoms with E-state index in [0.29, 0.717) is 31.9 Å². The zero-order chi connectivity index (χ0) is 17.3. The zero-order valence-electron chi connectivity index (χ0n) is 13.3. The Labute approximate surface area is 140 Å². The Morgan fingerprint density at radius 2 is 1.83 bits per heavy atom. The van der Waals surface area contributed by atoms with Gasteiger partial charge in [-0.25, -0.2) is 13.2 Å². The molecule has 7 nitrogen and oxygen atoms in total. The summed E-state index contributed by atoms with van der Waals surface area (Å²) < 4.78 is 28.1. The molecule has 1 aliphatic heterocycles. The Morgan fingerprint density at radius 3 is 2.35 bits per heavy atom. The van der Waals surface area contributed by atoms with E-state index in [4.69, 9.17) is 15.4 Å². The van der Waals surface area contributed by atoms with Crippen molar-refractivity contribution < 1.29 is 17.9 Å². The lowest BCUT2D eigenvalue weighted by Crippen LogP contribution is -2.50. The van der Waals surface area contributed by atoms with Crippen molar-refractivity contribution in [3.63, 3.8) is 0 Å². The van der Waals surface area contributed by atoms with Crippen LogP contribution in [0.5, 0.6) is 0 Å². The van der Waals surface area contributed by atoms with E-state index < -0.39 is 14.7 Å². The number of hydrogen-bond donors (Lipinski definition) is 0. The molecule has 1 aromatic heterocycles. The first-order chi connectivity index (χ1) is 10.6. The smallest absolute Gasteiger partial charge is 0.410 e. The number of nitrogens with zero attached hydrogens (tertiary/aromatic N) is 3. The van der Waals surface area contributed by atoms with Gasteiger partial charge in [-0.15, -0.1) is 0 Å². The lowest BCUT2D eigenvalue weighted by molar-refractivity contribution is 0.0240. The standard InChI is InChI=1S/C14H20ClN3O4S/c1-14(2,3)22-13(19)18-6-4-17(5-7-18)11-8-12(10-16-9-11)23(15,20)21/h8-10H,4-7H2,1-3H3. The van der Waals surface area contributed by atoms with Gasteiger partial charge < -0.3 is 14.5 Å². The maximum Gasteiger partial charge on any atom is 0.410 e. The predicted molar refractivity (Wildman–Crippen MR) is 87.3 cm³/mol. The Hall–Kier alpha value is -1.54. The second-order valence-corrected chi connectivity index (χ2v) is 8.84. The van der Waals surface area contributed by atoms with Crippen molar-refractivity contribution in [2.45, 2.75) is 31.3 Å². The van der Waals surface area contributed by atoms with Crippen molar-refractivity contribution in [2.24, 2.45) is 0 Å². The molecule has 0 saturated carbocycles. The molecule has 0 spiro atoms. The summed E-state index contributed by atoms with van der Waals surface area (Å²) in [6, 6.07) is 1.48. The number of anilines is 1. The number of carbonyl (C=O) groups is 1. The van der Waals surface area contributed by atoms with Gasteiger partial charge in [0.15, 0.2) is 0 Å². The van der Waals surface area contributed by atoms with Crippen LogP contribution >= 0.6 is 10.7 Å². The van der Waals surface area contributed by atoms with Crippen LogP contribution in [-0.4, -0.2) is 56.2 Å². The van der Waals surface area contributed by atoms with E-state index in [1.807, 2.05) is 25.7 Å². The van der Waals surface area contributed by atoms with Gasteiger partial charge in [0.05, 0.1) is 11.9 Å². The van der Waals surface area contributed by atoms with Crippen molar-refractivity contribution >= 4 is 31.5 Å². The molecule has 0 bridgehead atoms. The molecule has 1 fully saturated rings. The monoisotopic (exact) mass is 361 g/mol. The second kappa shape index (κ2) is 6.52. The van der Waals surface area contributed by atoms with Crippen molar-refractivity contribution in [1.29, 1.82) is 0 Å². The van der Waals surface area contributed by atoms with Crippen LogP contribution < -0.4 is 4.90 Å². The van der Waals surface area contributed by atoms with Crippen LogP contribution in [0.4, 0.5) is 10.5 Å². The number of halogens is 1. The van der Waals surface area contributed by atoms with E-state index in [9.17, 15) is 13.2 Å². The average molecular weight is 362 g/mol. The van der Waals surface area contributed by atoms with Gasteiger partial charge >= 0.3 is 6.09 Å². The third-order valence-electron chi connectivity index (χ3n) is 3.28. The van der Waals surface area contributed by atoms with Crippen molar-refractivity contribution in [3.8, 4) is 0 Å². The fraction of sp³-hybridized carbons (Fsp3) is 0.571. The summed E-state index contributed by atoms with van der Waals surface area (Å²) >= 11 is 0. The van der Waals surface area contributed by atoms with Crippen molar-refractivity contribution in [1.82, 2.24) is 9.88 Å². The van der Waals surface area contributed by atoms with Gasteiger partial charge in [0.25, 0.3) is 9.05 Å². The molecular formula is C14H20ClN3O4S. The second-order valence-electron chi connectivity index (χ2n) is 6.27. The quantitative estimate of drug-likeness (QED) is 0.750. The molecule has 23 heavy (non-hydrogen) atoms. The molecule has 2 rings (SSSR count). The third-order valence-corrected chi connectivity index (χ3v) is 4.60. The van der Waals surface area contributed by atoms with E-state index in [2.05, 4.69) is 4.98 Å². The van der Waals surface area contributed by atoms with E-state index in [0.717, 1.165) is 0 Å². The fourth-order valence-electron chi connectivity index (χ4n) is 2.19. The molecule has 0 atom stereocenters. The number of aromatic nitrogens is 1. The minimum atomic E-state index is -3.81. The Morgan fingerprint density at radius 1 is 1.22 bits per heavy atom. The summed E-state index contributed by atoms with van der Waals surface area (Å²) in [7, 11) is 1.53. The van der Waals surface area contributed by atoms with Gasteiger partial charge in [-0.05, 0) is 26.8 Å². The fourth-order valence-corrected chi connectivity index (χ4v) is 2.89. The van der Waals surface area contributed by atoms with Gasteiger partial charge in [0.2, 0.25) is 0 Å². The minimum absolute atomic E-state index is 0.0359. The van der Waals surface area contributed by atoms with Crippen LogP contribution in [0.1, 0.15) is 20.8 Å². The first kappa shape index (κ1) is 17.8. The highest BCUT2D eigenvalue weighted by atomic mass is 35.7. The molecule has 1 saturated heterocycles. The number of piperazine rings is 1. The van der Waals surface area contributed by atoms with Crippen LogP contribution in [0, 0.1) is 0 Å². The maximum absolute atomic E-state index is 12.0. The largest absolute Gasteiger partial charge is 0.444 e. The molecule has 0 unspecified atom stereocenters. The van der Waals surface area contributed by atoms with Gasteiger partial charge in [-0.1, -0.05) is 0 Å². The molecule has 1 amide bonds. The highest BCUT2D eigenvalue weighted by molar-refractivity contribution is 8.13. The maximum atomic E-state index is 12.0. The molecule has 9 heteroatoms. The number of ether oxygens (including phenoxy) is 1. The number of amides is 1. The average Bonchev–Trinajstić information content (AvgIpc) is 2.45. The minimum Gasteiger partial charge on any atom is -0.444 e. The Bertz CT molecular complexity index is 680. The molecule has 0 radical (unpaired) electrons. The van der Waals surface area contributed by atoms with Crippen LogP contribution in [0.2, 0.25) is 0 Å². The van der Waals surface area contributed by atoms with E-state index in [1.54, 1.807) is 11.1 Å². The molecule has 2 heterocycles. The Kier molecular flexibility index (Phi) is 5.05. The lowest BCUT2D eigenvalue weighted by atomic mass is 10.2. The van der Waals surface area contributed by atoms with E-state index in [-0.39, 0.29) is 11.0 Å².